The van der Waals surface area contributed by atoms with E-state index in [0.717, 1.165) is 20.7 Å². The molecule has 2 aromatic rings. The molecule has 0 fully saturated rings. The van der Waals surface area contributed by atoms with Crippen LogP contribution in [0.25, 0.3) is 0 Å². The summed E-state index contributed by atoms with van der Waals surface area (Å²) in [4.78, 5) is 13.0. The SMILES string of the molecule is CCC(C)Sc1nnc(NC(=O)CCSc2ccc(Cl)cc2)s1. The lowest BCUT2D eigenvalue weighted by Crippen LogP contribution is -2.11. The van der Waals surface area contributed by atoms with Crippen LogP contribution in [0.3, 0.4) is 0 Å². The molecule has 0 radical (unpaired) electrons. The predicted molar refractivity (Wildman–Crippen MR) is 101 cm³/mol. The molecule has 0 aliphatic rings. The molecule has 0 spiro atoms. The number of amides is 1. The van der Waals surface area contributed by atoms with Crippen molar-refractivity contribution < 1.29 is 4.79 Å². The molecule has 1 amide bonds. The van der Waals surface area contributed by atoms with E-state index in [-0.39, 0.29) is 5.91 Å². The molecule has 0 saturated carbocycles. The Balaban J connectivity index is 1.73. The van der Waals surface area contributed by atoms with Crippen LogP contribution in [0.15, 0.2) is 33.5 Å². The van der Waals surface area contributed by atoms with Crippen LogP contribution in [0.2, 0.25) is 5.02 Å². The largest absolute Gasteiger partial charge is 0.300 e. The Labute approximate surface area is 153 Å². The van der Waals surface area contributed by atoms with E-state index in [1.165, 1.54) is 11.3 Å². The zero-order valence-electron chi connectivity index (χ0n) is 12.9. The van der Waals surface area contributed by atoms with Crippen molar-refractivity contribution in [3.05, 3.63) is 29.3 Å². The highest BCUT2D eigenvalue weighted by atomic mass is 35.5. The van der Waals surface area contributed by atoms with Gasteiger partial charge in [-0.05, 0) is 30.7 Å². The summed E-state index contributed by atoms with van der Waals surface area (Å²) >= 11 is 10.6. The molecule has 4 nitrogen and oxygen atoms in total. The van der Waals surface area contributed by atoms with E-state index in [2.05, 4.69) is 29.4 Å². The maximum atomic E-state index is 11.9. The predicted octanol–water partition coefficient (Wildman–Crippen LogP) is 5.20. The number of carbonyl (C=O) groups is 1. The Morgan fingerprint density at radius 1 is 1.35 bits per heavy atom. The molecule has 23 heavy (non-hydrogen) atoms. The lowest BCUT2D eigenvalue weighted by Gasteiger charge is -2.03. The molecule has 1 heterocycles. The van der Waals surface area contributed by atoms with Crippen LogP contribution < -0.4 is 5.32 Å². The normalized spacial score (nSPS) is 12.1. The molecule has 0 bridgehead atoms. The first-order valence-corrected chi connectivity index (χ1v) is 10.3. The number of anilines is 1. The van der Waals surface area contributed by atoms with Gasteiger partial charge in [-0.1, -0.05) is 48.5 Å². The number of carbonyl (C=O) groups excluding carboxylic acids is 1. The minimum atomic E-state index is -0.0392. The van der Waals surface area contributed by atoms with E-state index in [1.807, 2.05) is 24.3 Å². The average Bonchev–Trinajstić information content (AvgIpc) is 2.96. The van der Waals surface area contributed by atoms with Gasteiger partial charge in [-0.2, -0.15) is 0 Å². The highest BCUT2D eigenvalue weighted by molar-refractivity contribution is 8.01. The quantitative estimate of drug-likeness (QED) is 0.498. The number of rotatable bonds is 8. The summed E-state index contributed by atoms with van der Waals surface area (Å²) in [5.41, 5.74) is 0. The Hall–Kier alpha value is -0.760. The lowest BCUT2D eigenvalue weighted by atomic mass is 10.4. The van der Waals surface area contributed by atoms with Gasteiger partial charge >= 0.3 is 0 Å². The topological polar surface area (TPSA) is 54.9 Å². The maximum Gasteiger partial charge on any atom is 0.227 e. The third kappa shape index (κ3) is 6.71. The van der Waals surface area contributed by atoms with Crippen LogP contribution >= 0.6 is 46.5 Å². The second-order valence-electron chi connectivity index (χ2n) is 4.81. The summed E-state index contributed by atoms with van der Waals surface area (Å²) in [7, 11) is 0. The van der Waals surface area contributed by atoms with Gasteiger partial charge in [-0.25, -0.2) is 0 Å². The van der Waals surface area contributed by atoms with Crippen molar-refractivity contribution in [1.29, 1.82) is 0 Å². The van der Waals surface area contributed by atoms with Crippen molar-refractivity contribution in [3.63, 3.8) is 0 Å². The smallest absolute Gasteiger partial charge is 0.227 e. The van der Waals surface area contributed by atoms with Gasteiger partial charge in [-0.3, -0.25) is 4.79 Å². The van der Waals surface area contributed by atoms with Gasteiger partial charge in [0, 0.05) is 27.3 Å². The van der Waals surface area contributed by atoms with E-state index in [1.54, 1.807) is 23.5 Å². The van der Waals surface area contributed by atoms with Crippen LogP contribution in [0, 0.1) is 0 Å². The van der Waals surface area contributed by atoms with Crippen LogP contribution in [0.4, 0.5) is 5.13 Å². The number of halogens is 1. The molecule has 124 valence electrons. The maximum absolute atomic E-state index is 11.9. The third-order valence-corrected chi connectivity index (χ3v) is 6.40. The minimum Gasteiger partial charge on any atom is -0.300 e. The number of nitrogens with one attached hydrogen (secondary N) is 1. The number of nitrogens with zero attached hydrogens (tertiary/aromatic N) is 2. The van der Waals surface area contributed by atoms with Gasteiger partial charge in [0.05, 0.1) is 0 Å². The molecule has 0 aliphatic carbocycles. The zero-order valence-corrected chi connectivity index (χ0v) is 16.1. The number of aromatic nitrogens is 2. The van der Waals surface area contributed by atoms with Gasteiger partial charge in [-0.15, -0.1) is 22.0 Å². The summed E-state index contributed by atoms with van der Waals surface area (Å²) in [5.74, 6) is 0.670. The van der Waals surface area contributed by atoms with E-state index >= 15 is 0 Å². The number of hydrogen-bond donors (Lipinski definition) is 1. The Bertz CT molecular complexity index is 633. The summed E-state index contributed by atoms with van der Waals surface area (Å²) in [6.07, 6.45) is 1.51. The molecule has 1 N–H and O–H groups in total. The first-order chi connectivity index (χ1) is 11.1. The molecule has 1 aromatic carbocycles. The van der Waals surface area contributed by atoms with Crippen molar-refractivity contribution in [3.8, 4) is 0 Å². The molecule has 1 unspecified atom stereocenters. The van der Waals surface area contributed by atoms with Crippen molar-refractivity contribution in [2.75, 3.05) is 11.1 Å². The highest BCUT2D eigenvalue weighted by Crippen LogP contribution is 2.30. The average molecular weight is 388 g/mol. The van der Waals surface area contributed by atoms with Gasteiger partial charge < -0.3 is 5.32 Å². The second kappa shape index (κ2) is 9.52. The Morgan fingerprint density at radius 2 is 2.09 bits per heavy atom. The van der Waals surface area contributed by atoms with Crippen LogP contribution in [-0.2, 0) is 4.79 Å². The van der Waals surface area contributed by atoms with Crippen molar-refractivity contribution >= 4 is 57.5 Å². The first kappa shape index (κ1) is 18.6. The monoisotopic (exact) mass is 387 g/mol. The fraction of sp³-hybridized carbons (Fsp3) is 0.400. The van der Waals surface area contributed by atoms with Crippen molar-refractivity contribution in [2.45, 2.75) is 41.2 Å². The number of thioether (sulfide) groups is 2. The fourth-order valence-electron chi connectivity index (χ4n) is 1.54. The summed E-state index contributed by atoms with van der Waals surface area (Å²) in [5, 5.41) is 12.7. The van der Waals surface area contributed by atoms with Crippen LogP contribution in [0.5, 0.6) is 0 Å². The second-order valence-corrected chi connectivity index (χ2v) is 9.08. The Morgan fingerprint density at radius 3 is 2.78 bits per heavy atom. The van der Waals surface area contributed by atoms with Gasteiger partial charge in [0.25, 0.3) is 0 Å². The summed E-state index contributed by atoms with van der Waals surface area (Å²) in [6, 6.07) is 7.60. The van der Waals surface area contributed by atoms with E-state index in [0.29, 0.717) is 22.6 Å². The molecule has 8 heteroatoms. The molecule has 0 saturated heterocycles. The first-order valence-electron chi connectivity index (χ1n) is 7.25. The molecule has 2 rings (SSSR count). The van der Waals surface area contributed by atoms with Gasteiger partial charge in [0.15, 0.2) is 4.34 Å². The van der Waals surface area contributed by atoms with Gasteiger partial charge in [0.2, 0.25) is 11.0 Å². The van der Waals surface area contributed by atoms with E-state index in [4.69, 9.17) is 11.6 Å². The van der Waals surface area contributed by atoms with Crippen LogP contribution in [0.1, 0.15) is 26.7 Å². The minimum absolute atomic E-state index is 0.0392. The van der Waals surface area contributed by atoms with E-state index < -0.39 is 0 Å². The Kier molecular flexibility index (Phi) is 7.69. The number of hydrogen-bond acceptors (Lipinski definition) is 6. The lowest BCUT2D eigenvalue weighted by molar-refractivity contribution is -0.115. The summed E-state index contributed by atoms with van der Waals surface area (Å²) in [6.45, 7) is 4.29. The fourth-order valence-corrected chi connectivity index (χ4v) is 4.53. The van der Waals surface area contributed by atoms with Crippen molar-refractivity contribution in [1.82, 2.24) is 10.2 Å². The zero-order chi connectivity index (χ0) is 16.7. The van der Waals surface area contributed by atoms with Gasteiger partial charge in [0.1, 0.15) is 0 Å². The van der Waals surface area contributed by atoms with E-state index in [9.17, 15) is 4.79 Å². The molecular weight excluding hydrogens is 370 g/mol. The van der Waals surface area contributed by atoms with Crippen LogP contribution in [-0.4, -0.2) is 27.1 Å². The standard InChI is InChI=1S/C15H18ClN3OS3/c1-3-10(2)22-15-19-18-14(23-15)17-13(20)8-9-21-12-6-4-11(16)5-7-12/h4-7,10H,3,8-9H2,1-2H3,(H,17,18,20). The molecule has 1 aromatic heterocycles. The third-order valence-electron chi connectivity index (χ3n) is 2.94. The van der Waals surface area contributed by atoms with Crippen molar-refractivity contribution in [2.24, 2.45) is 0 Å². The molecule has 1 atom stereocenters. The summed E-state index contributed by atoms with van der Waals surface area (Å²) < 4.78 is 0.894. The highest BCUT2D eigenvalue weighted by Gasteiger charge is 2.11. The molecule has 0 aliphatic heterocycles. The number of benzene rings is 1. The molecular formula is C15H18ClN3OS3.